The Balaban J connectivity index is 2.35. The van der Waals surface area contributed by atoms with Gasteiger partial charge in [0.1, 0.15) is 10.8 Å². The highest BCUT2D eigenvalue weighted by Crippen LogP contribution is 2.31. The first kappa shape index (κ1) is 12.2. The molecule has 0 saturated carbocycles. The van der Waals surface area contributed by atoms with Crippen molar-refractivity contribution in [3.63, 3.8) is 0 Å². The van der Waals surface area contributed by atoms with Crippen LogP contribution < -0.4 is 5.73 Å². The Kier molecular flexibility index (Phi) is 3.26. The highest BCUT2D eigenvalue weighted by molar-refractivity contribution is 7.99. The van der Waals surface area contributed by atoms with E-state index in [0.29, 0.717) is 11.8 Å². The third-order valence-corrected chi connectivity index (χ3v) is 3.74. The molecule has 0 fully saturated rings. The molecule has 2 heterocycles. The van der Waals surface area contributed by atoms with Gasteiger partial charge in [-0.15, -0.1) is 0 Å². The first-order valence-corrected chi connectivity index (χ1v) is 6.19. The van der Waals surface area contributed by atoms with Crippen molar-refractivity contribution in [1.82, 2.24) is 14.8 Å². The number of hydrogen-bond acceptors (Lipinski definition) is 5. The van der Waals surface area contributed by atoms with Crippen LogP contribution in [-0.4, -0.2) is 14.8 Å². The van der Waals surface area contributed by atoms with Gasteiger partial charge in [-0.3, -0.25) is 4.68 Å². The molecule has 0 radical (unpaired) electrons. The van der Waals surface area contributed by atoms with Crippen LogP contribution in [0.3, 0.4) is 0 Å². The van der Waals surface area contributed by atoms with Crippen LogP contribution in [0.4, 0.5) is 0 Å². The summed E-state index contributed by atoms with van der Waals surface area (Å²) in [5, 5.41) is 5.98. The highest BCUT2D eigenvalue weighted by Gasteiger charge is 2.16. The predicted octanol–water partition coefficient (Wildman–Crippen LogP) is 1.94. The number of oxazole rings is 1. The molecule has 0 aliphatic heterocycles. The zero-order valence-corrected chi connectivity index (χ0v) is 11.3. The molecule has 92 valence electrons. The van der Waals surface area contributed by atoms with Gasteiger partial charge in [-0.2, -0.15) is 5.10 Å². The van der Waals surface area contributed by atoms with E-state index >= 15 is 0 Å². The van der Waals surface area contributed by atoms with E-state index in [-0.39, 0.29) is 0 Å². The monoisotopic (exact) mass is 252 g/mol. The van der Waals surface area contributed by atoms with Gasteiger partial charge in [-0.05, 0) is 32.5 Å². The summed E-state index contributed by atoms with van der Waals surface area (Å²) in [6.45, 7) is 6.27. The molecule has 5 nitrogen and oxygen atoms in total. The molecule has 6 heteroatoms. The quantitative estimate of drug-likeness (QED) is 0.904. The SMILES string of the molecule is Cc1nc(Sc2c(CN)c(C)nn2C)oc1C. The molecule has 0 spiro atoms. The van der Waals surface area contributed by atoms with Crippen molar-refractivity contribution in [2.24, 2.45) is 12.8 Å². The first-order chi connectivity index (χ1) is 8.02. The van der Waals surface area contributed by atoms with E-state index in [2.05, 4.69) is 10.1 Å². The van der Waals surface area contributed by atoms with E-state index in [1.165, 1.54) is 11.8 Å². The molecule has 17 heavy (non-hydrogen) atoms. The third-order valence-electron chi connectivity index (χ3n) is 2.69. The molecule has 0 aliphatic carbocycles. The summed E-state index contributed by atoms with van der Waals surface area (Å²) in [7, 11) is 1.90. The maximum absolute atomic E-state index is 5.74. The van der Waals surface area contributed by atoms with Gasteiger partial charge in [0, 0.05) is 19.2 Å². The van der Waals surface area contributed by atoms with E-state index in [1.54, 1.807) is 0 Å². The Labute approximate surface area is 104 Å². The molecular weight excluding hydrogens is 236 g/mol. The van der Waals surface area contributed by atoms with Crippen molar-refractivity contribution < 1.29 is 4.42 Å². The van der Waals surface area contributed by atoms with Gasteiger partial charge >= 0.3 is 0 Å². The van der Waals surface area contributed by atoms with Gasteiger partial charge in [-0.25, -0.2) is 4.98 Å². The van der Waals surface area contributed by atoms with E-state index in [9.17, 15) is 0 Å². The molecule has 0 amide bonds. The Hall–Kier alpha value is -1.27. The lowest BCUT2D eigenvalue weighted by molar-refractivity contribution is 0.430. The van der Waals surface area contributed by atoms with Crippen molar-refractivity contribution in [1.29, 1.82) is 0 Å². The second-order valence-corrected chi connectivity index (χ2v) is 4.86. The summed E-state index contributed by atoms with van der Waals surface area (Å²) in [6.07, 6.45) is 0. The summed E-state index contributed by atoms with van der Waals surface area (Å²) in [5.41, 5.74) is 8.66. The largest absolute Gasteiger partial charge is 0.436 e. The van der Waals surface area contributed by atoms with Crippen LogP contribution in [0.1, 0.15) is 22.7 Å². The van der Waals surface area contributed by atoms with Crippen molar-refractivity contribution in [2.75, 3.05) is 0 Å². The fraction of sp³-hybridized carbons (Fsp3) is 0.455. The zero-order chi connectivity index (χ0) is 12.6. The molecule has 2 N–H and O–H groups in total. The number of rotatable bonds is 3. The van der Waals surface area contributed by atoms with Crippen LogP contribution in [0, 0.1) is 20.8 Å². The molecule has 2 rings (SSSR count). The minimum Gasteiger partial charge on any atom is -0.436 e. The number of nitrogens with two attached hydrogens (primary N) is 1. The van der Waals surface area contributed by atoms with Crippen LogP contribution in [0.25, 0.3) is 0 Å². The average molecular weight is 252 g/mol. The molecular formula is C11H16N4OS. The Morgan fingerprint density at radius 1 is 1.29 bits per heavy atom. The van der Waals surface area contributed by atoms with Crippen LogP contribution in [0.15, 0.2) is 14.7 Å². The van der Waals surface area contributed by atoms with E-state index in [1.807, 2.05) is 32.5 Å². The second kappa shape index (κ2) is 4.54. The third kappa shape index (κ3) is 2.23. The maximum atomic E-state index is 5.74. The molecule has 2 aromatic heterocycles. The standard InChI is InChI=1S/C11H16N4OS/c1-6-8(3)16-11(13-6)17-10-9(5-12)7(2)14-15(10)4/h5,12H2,1-4H3. The normalized spacial score (nSPS) is 11.1. The van der Waals surface area contributed by atoms with Gasteiger partial charge in [0.05, 0.1) is 11.4 Å². The van der Waals surface area contributed by atoms with Crippen molar-refractivity contribution in [3.05, 3.63) is 22.7 Å². The molecule has 0 unspecified atom stereocenters. The van der Waals surface area contributed by atoms with Gasteiger partial charge < -0.3 is 10.2 Å². The summed E-state index contributed by atoms with van der Waals surface area (Å²) >= 11 is 1.46. The van der Waals surface area contributed by atoms with Crippen LogP contribution in [0.5, 0.6) is 0 Å². The molecule has 0 aliphatic rings. The van der Waals surface area contributed by atoms with E-state index in [4.69, 9.17) is 10.2 Å². The molecule has 0 saturated heterocycles. The van der Waals surface area contributed by atoms with Crippen LogP contribution in [-0.2, 0) is 13.6 Å². The maximum Gasteiger partial charge on any atom is 0.262 e. The summed E-state index contributed by atoms with van der Waals surface area (Å²) in [4.78, 5) is 4.35. The average Bonchev–Trinajstić information content (AvgIpc) is 2.70. The van der Waals surface area contributed by atoms with E-state index < -0.39 is 0 Å². The molecule has 0 atom stereocenters. The summed E-state index contributed by atoms with van der Waals surface area (Å²) in [5.74, 6) is 0.848. The second-order valence-electron chi connectivity index (χ2n) is 3.92. The lowest BCUT2D eigenvalue weighted by atomic mass is 10.3. The number of nitrogens with zero attached hydrogens (tertiary/aromatic N) is 3. The summed E-state index contributed by atoms with van der Waals surface area (Å²) < 4.78 is 7.37. The minimum atomic E-state index is 0.473. The number of aryl methyl sites for hydroxylation is 4. The fourth-order valence-electron chi connectivity index (χ4n) is 1.61. The summed E-state index contributed by atoms with van der Waals surface area (Å²) in [6, 6.07) is 0. The topological polar surface area (TPSA) is 69.9 Å². The van der Waals surface area contributed by atoms with Gasteiger partial charge in [-0.1, -0.05) is 0 Å². The fourth-order valence-corrected chi connectivity index (χ4v) is 2.65. The Morgan fingerprint density at radius 3 is 2.53 bits per heavy atom. The number of aromatic nitrogens is 3. The zero-order valence-electron chi connectivity index (χ0n) is 10.4. The number of hydrogen-bond donors (Lipinski definition) is 1. The van der Waals surface area contributed by atoms with Gasteiger partial charge in [0.25, 0.3) is 5.22 Å². The van der Waals surface area contributed by atoms with Crippen molar-refractivity contribution in [3.8, 4) is 0 Å². The smallest absolute Gasteiger partial charge is 0.262 e. The molecule has 0 aromatic carbocycles. The van der Waals surface area contributed by atoms with Crippen molar-refractivity contribution in [2.45, 2.75) is 37.6 Å². The highest BCUT2D eigenvalue weighted by atomic mass is 32.2. The first-order valence-electron chi connectivity index (χ1n) is 5.37. The minimum absolute atomic E-state index is 0.473. The lowest BCUT2D eigenvalue weighted by Gasteiger charge is -2.00. The van der Waals surface area contributed by atoms with E-state index in [0.717, 1.165) is 27.7 Å². The van der Waals surface area contributed by atoms with Gasteiger partial charge in [0.15, 0.2) is 0 Å². The van der Waals surface area contributed by atoms with Crippen LogP contribution in [0.2, 0.25) is 0 Å². The van der Waals surface area contributed by atoms with Gasteiger partial charge in [0.2, 0.25) is 0 Å². The Bertz CT molecular complexity index is 524. The lowest BCUT2D eigenvalue weighted by Crippen LogP contribution is -1.99. The Morgan fingerprint density at radius 2 is 2.00 bits per heavy atom. The van der Waals surface area contributed by atoms with Crippen LogP contribution >= 0.6 is 11.8 Å². The molecule has 0 bridgehead atoms. The van der Waals surface area contributed by atoms with Crippen molar-refractivity contribution >= 4 is 11.8 Å². The predicted molar refractivity (Wildman–Crippen MR) is 65.9 cm³/mol. The molecule has 2 aromatic rings.